The van der Waals surface area contributed by atoms with Crippen LogP contribution in [0, 0.1) is 0 Å². The van der Waals surface area contributed by atoms with Crippen LogP contribution in [0.3, 0.4) is 0 Å². The molecule has 1 aliphatic rings. The minimum atomic E-state index is -4.36. The SMILES string of the molecule is N[C@H]1[C@H](O)C=C(P(=O)(O)O)C[C@@H]1O. The molecule has 13 heavy (non-hydrogen) atoms. The number of aliphatic hydroxyl groups excluding tert-OH is 2. The molecular formula is C6H12NO5P. The van der Waals surface area contributed by atoms with Gasteiger partial charge < -0.3 is 25.7 Å². The van der Waals surface area contributed by atoms with Crippen LogP contribution in [0.2, 0.25) is 0 Å². The first-order chi connectivity index (χ1) is 5.82. The summed E-state index contributed by atoms with van der Waals surface area (Å²) in [5, 5.41) is 18.1. The van der Waals surface area contributed by atoms with Crippen molar-refractivity contribution < 1.29 is 24.6 Å². The molecule has 1 rings (SSSR count). The average Bonchev–Trinajstić information content (AvgIpc) is 1.97. The molecule has 0 saturated carbocycles. The smallest absolute Gasteiger partial charge is 0.352 e. The second-order valence-electron chi connectivity index (χ2n) is 3.04. The van der Waals surface area contributed by atoms with Crippen molar-refractivity contribution in [2.24, 2.45) is 5.73 Å². The van der Waals surface area contributed by atoms with E-state index in [1.165, 1.54) is 0 Å². The zero-order valence-electron chi connectivity index (χ0n) is 6.74. The molecule has 0 saturated heterocycles. The highest BCUT2D eigenvalue weighted by atomic mass is 31.2. The van der Waals surface area contributed by atoms with Crippen molar-refractivity contribution >= 4 is 7.60 Å². The lowest BCUT2D eigenvalue weighted by Gasteiger charge is -2.28. The molecule has 76 valence electrons. The second kappa shape index (κ2) is 3.49. The molecule has 0 radical (unpaired) electrons. The predicted molar refractivity (Wildman–Crippen MR) is 44.7 cm³/mol. The van der Waals surface area contributed by atoms with Crippen molar-refractivity contribution in [2.75, 3.05) is 0 Å². The number of rotatable bonds is 1. The Morgan fingerprint density at radius 3 is 2.38 bits per heavy atom. The molecule has 6 N–H and O–H groups in total. The Bertz CT molecular complexity index is 272. The van der Waals surface area contributed by atoms with Gasteiger partial charge in [-0.25, -0.2) is 0 Å². The van der Waals surface area contributed by atoms with E-state index in [4.69, 9.17) is 15.5 Å². The van der Waals surface area contributed by atoms with Gasteiger partial charge in [-0.15, -0.1) is 0 Å². The first kappa shape index (κ1) is 10.8. The lowest BCUT2D eigenvalue weighted by Crippen LogP contribution is -2.46. The van der Waals surface area contributed by atoms with Crippen molar-refractivity contribution in [1.82, 2.24) is 0 Å². The molecule has 0 amide bonds. The van der Waals surface area contributed by atoms with Crippen LogP contribution >= 0.6 is 7.60 Å². The van der Waals surface area contributed by atoms with E-state index in [9.17, 15) is 14.8 Å². The van der Waals surface area contributed by atoms with E-state index in [1.807, 2.05) is 0 Å². The van der Waals surface area contributed by atoms with Gasteiger partial charge in [0.25, 0.3) is 0 Å². The fourth-order valence-electron chi connectivity index (χ4n) is 1.17. The Labute approximate surface area is 74.8 Å². The molecule has 0 bridgehead atoms. The van der Waals surface area contributed by atoms with Crippen LogP contribution in [0.4, 0.5) is 0 Å². The Morgan fingerprint density at radius 1 is 1.46 bits per heavy atom. The van der Waals surface area contributed by atoms with Gasteiger partial charge in [-0.3, -0.25) is 4.57 Å². The van der Waals surface area contributed by atoms with Crippen LogP contribution in [0.1, 0.15) is 6.42 Å². The Balaban J connectivity index is 2.92. The number of aliphatic hydroxyl groups is 2. The molecule has 7 heteroatoms. The van der Waals surface area contributed by atoms with Gasteiger partial charge in [-0.1, -0.05) is 0 Å². The zero-order chi connectivity index (χ0) is 10.2. The van der Waals surface area contributed by atoms with E-state index in [-0.39, 0.29) is 11.7 Å². The summed E-state index contributed by atoms with van der Waals surface area (Å²) in [5.74, 6) is 0. The number of hydrogen-bond acceptors (Lipinski definition) is 4. The first-order valence-electron chi connectivity index (χ1n) is 3.71. The summed E-state index contributed by atoms with van der Waals surface area (Å²) in [6.45, 7) is 0. The van der Waals surface area contributed by atoms with E-state index in [0.717, 1.165) is 6.08 Å². The molecule has 0 aromatic heterocycles. The lowest BCUT2D eigenvalue weighted by atomic mass is 9.97. The van der Waals surface area contributed by atoms with Gasteiger partial charge >= 0.3 is 7.60 Å². The molecular weight excluding hydrogens is 197 g/mol. The van der Waals surface area contributed by atoms with Crippen LogP contribution in [-0.2, 0) is 4.57 Å². The van der Waals surface area contributed by atoms with Crippen molar-refractivity contribution in [3.05, 3.63) is 11.4 Å². The largest absolute Gasteiger partial charge is 0.391 e. The minimum absolute atomic E-state index is 0.192. The van der Waals surface area contributed by atoms with Crippen LogP contribution in [0.25, 0.3) is 0 Å². The highest BCUT2D eigenvalue weighted by Gasteiger charge is 2.34. The monoisotopic (exact) mass is 209 g/mol. The Morgan fingerprint density at radius 2 is 2.00 bits per heavy atom. The van der Waals surface area contributed by atoms with Gasteiger partial charge in [0.1, 0.15) is 0 Å². The molecule has 0 unspecified atom stereocenters. The highest BCUT2D eigenvalue weighted by molar-refractivity contribution is 7.56. The summed E-state index contributed by atoms with van der Waals surface area (Å²) in [6.07, 6.45) is -1.49. The van der Waals surface area contributed by atoms with Crippen LogP contribution in [-0.4, -0.2) is 38.2 Å². The Hall–Kier alpha value is -0.230. The summed E-state index contributed by atoms with van der Waals surface area (Å²) in [6, 6.07) is -0.879. The van der Waals surface area contributed by atoms with Crippen LogP contribution in [0.5, 0.6) is 0 Å². The first-order valence-corrected chi connectivity index (χ1v) is 5.32. The molecule has 0 aromatic carbocycles. The average molecular weight is 209 g/mol. The lowest BCUT2D eigenvalue weighted by molar-refractivity contribution is 0.0699. The van der Waals surface area contributed by atoms with E-state index in [0.29, 0.717) is 0 Å². The third-order valence-electron chi connectivity index (χ3n) is 1.99. The van der Waals surface area contributed by atoms with E-state index in [1.54, 1.807) is 0 Å². The molecule has 0 spiro atoms. The maximum Gasteiger partial charge on any atom is 0.352 e. The van der Waals surface area contributed by atoms with Crippen molar-refractivity contribution in [3.8, 4) is 0 Å². The topological polar surface area (TPSA) is 124 Å². The highest BCUT2D eigenvalue weighted by Crippen LogP contribution is 2.48. The van der Waals surface area contributed by atoms with Gasteiger partial charge in [0.2, 0.25) is 0 Å². The maximum atomic E-state index is 10.7. The molecule has 0 aromatic rings. The van der Waals surface area contributed by atoms with Crippen molar-refractivity contribution in [3.63, 3.8) is 0 Å². The molecule has 3 atom stereocenters. The van der Waals surface area contributed by atoms with Gasteiger partial charge in [-0.05, 0) is 6.08 Å². The Kier molecular flexibility index (Phi) is 2.91. The summed E-state index contributed by atoms with van der Waals surface area (Å²) in [4.78, 5) is 17.5. The number of nitrogens with two attached hydrogens (primary N) is 1. The third-order valence-corrected chi connectivity index (χ3v) is 3.07. The number of hydrogen-bond donors (Lipinski definition) is 5. The molecule has 0 fully saturated rings. The normalized spacial score (nSPS) is 35.8. The standard InChI is InChI=1S/C6H12NO5P/c7-6-4(8)1-3(2-5(6)9)13(10,11)12/h1,4-6,8-9H,2,7H2,(H2,10,11,12)/t4-,5+,6+/m1/s1. The van der Waals surface area contributed by atoms with E-state index >= 15 is 0 Å². The molecule has 0 aliphatic heterocycles. The van der Waals surface area contributed by atoms with E-state index < -0.39 is 25.8 Å². The second-order valence-corrected chi connectivity index (χ2v) is 4.70. The van der Waals surface area contributed by atoms with Gasteiger partial charge in [0, 0.05) is 11.7 Å². The summed E-state index contributed by atoms with van der Waals surface area (Å²) >= 11 is 0. The van der Waals surface area contributed by atoms with Crippen LogP contribution in [0.15, 0.2) is 11.4 Å². The van der Waals surface area contributed by atoms with Gasteiger partial charge in [0.05, 0.1) is 18.2 Å². The predicted octanol–water partition coefficient (Wildman–Crippen LogP) is -1.50. The summed E-state index contributed by atoms with van der Waals surface area (Å²) < 4.78 is 10.7. The molecule has 6 nitrogen and oxygen atoms in total. The summed E-state index contributed by atoms with van der Waals surface area (Å²) in [5.41, 5.74) is 5.33. The van der Waals surface area contributed by atoms with Crippen molar-refractivity contribution in [1.29, 1.82) is 0 Å². The maximum absolute atomic E-state index is 10.7. The minimum Gasteiger partial charge on any atom is -0.391 e. The zero-order valence-corrected chi connectivity index (χ0v) is 7.63. The quantitative estimate of drug-likeness (QED) is 0.335. The fraction of sp³-hybridized carbons (Fsp3) is 0.667. The third kappa shape index (κ3) is 2.37. The fourth-order valence-corrected chi connectivity index (χ4v) is 1.94. The van der Waals surface area contributed by atoms with Crippen molar-refractivity contribution in [2.45, 2.75) is 24.7 Å². The van der Waals surface area contributed by atoms with Gasteiger partial charge in [0.15, 0.2) is 0 Å². The van der Waals surface area contributed by atoms with Gasteiger partial charge in [-0.2, -0.15) is 0 Å². The summed E-state index contributed by atoms with van der Waals surface area (Å²) in [7, 11) is -4.36. The van der Waals surface area contributed by atoms with Crippen LogP contribution < -0.4 is 5.73 Å². The molecule has 1 aliphatic carbocycles. The molecule has 0 heterocycles. The van der Waals surface area contributed by atoms with E-state index in [2.05, 4.69) is 0 Å².